The monoisotopic (exact) mass is 285 g/mol. The van der Waals surface area contributed by atoms with E-state index in [-0.39, 0.29) is 11.0 Å². The Labute approximate surface area is 113 Å². The van der Waals surface area contributed by atoms with Crippen molar-refractivity contribution in [1.82, 2.24) is 4.31 Å². The zero-order valence-electron chi connectivity index (χ0n) is 11.1. The molecule has 0 aromatic heterocycles. The first kappa shape index (κ1) is 14.5. The Bertz CT molecular complexity index is 524. The van der Waals surface area contributed by atoms with Crippen molar-refractivity contribution in [2.75, 3.05) is 19.7 Å². The highest BCUT2D eigenvalue weighted by atomic mass is 32.2. The molecule has 1 aromatic carbocycles. The van der Waals surface area contributed by atoms with E-state index in [1.54, 1.807) is 19.1 Å². The van der Waals surface area contributed by atoms with E-state index < -0.39 is 16.1 Å². The maximum absolute atomic E-state index is 12.4. The molecule has 19 heavy (non-hydrogen) atoms. The minimum atomic E-state index is -3.47. The number of benzene rings is 1. The predicted molar refractivity (Wildman–Crippen MR) is 71.2 cm³/mol. The van der Waals surface area contributed by atoms with E-state index in [2.05, 4.69) is 0 Å². The Morgan fingerprint density at radius 1 is 1.37 bits per heavy atom. The SMILES string of the molecule is CC1CN(S(=O)(=O)c2ccc(C(C)O)cc2)CCO1. The second-order valence-corrected chi connectivity index (χ2v) is 6.73. The highest BCUT2D eigenvalue weighted by molar-refractivity contribution is 7.89. The largest absolute Gasteiger partial charge is 0.389 e. The summed E-state index contributed by atoms with van der Waals surface area (Å²) in [6, 6.07) is 6.36. The van der Waals surface area contributed by atoms with Crippen molar-refractivity contribution in [3.63, 3.8) is 0 Å². The Kier molecular flexibility index (Phi) is 4.25. The van der Waals surface area contributed by atoms with Crippen LogP contribution in [0.5, 0.6) is 0 Å². The van der Waals surface area contributed by atoms with Gasteiger partial charge < -0.3 is 9.84 Å². The van der Waals surface area contributed by atoms with E-state index >= 15 is 0 Å². The smallest absolute Gasteiger partial charge is 0.243 e. The molecule has 0 amide bonds. The molecule has 1 heterocycles. The van der Waals surface area contributed by atoms with E-state index in [0.717, 1.165) is 0 Å². The molecule has 0 saturated carbocycles. The lowest BCUT2D eigenvalue weighted by Gasteiger charge is -2.30. The van der Waals surface area contributed by atoms with E-state index in [9.17, 15) is 13.5 Å². The average molecular weight is 285 g/mol. The summed E-state index contributed by atoms with van der Waals surface area (Å²) in [7, 11) is -3.47. The number of ether oxygens (including phenoxy) is 1. The second kappa shape index (κ2) is 5.58. The number of rotatable bonds is 3. The molecule has 6 heteroatoms. The van der Waals surface area contributed by atoms with Gasteiger partial charge >= 0.3 is 0 Å². The standard InChI is InChI=1S/C13H19NO4S/c1-10-9-14(7-8-18-10)19(16,17)13-5-3-12(4-6-13)11(2)15/h3-6,10-11,15H,7-9H2,1-2H3. The van der Waals surface area contributed by atoms with Gasteiger partial charge in [-0.25, -0.2) is 8.42 Å². The van der Waals surface area contributed by atoms with Crippen molar-refractivity contribution >= 4 is 10.0 Å². The molecule has 1 aliphatic rings. The fraction of sp³-hybridized carbons (Fsp3) is 0.538. The number of hydrogen-bond acceptors (Lipinski definition) is 4. The fourth-order valence-corrected chi connectivity index (χ4v) is 3.57. The van der Waals surface area contributed by atoms with Crippen LogP contribution in [0.4, 0.5) is 0 Å². The van der Waals surface area contributed by atoms with Crippen LogP contribution in [-0.2, 0) is 14.8 Å². The number of morpholine rings is 1. The van der Waals surface area contributed by atoms with Crippen LogP contribution >= 0.6 is 0 Å². The van der Waals surface area contributed by atoms with Gasteiger partial charge in [0.15, 0.2) is 0 Å². The van der Waals surface area contributed by atoms with Crippen molar-refractivity contribution < 1.29 is 18.3 Å². The third-order valence-corrected chi connectivity index (χ3v) is 5.08. The molecule has 2 unspecified atom stereocenters. The highest BCUT2D eigenvalue weighted by Gasteiger charge is 2.28. The molecule has 0 radical (unpaired) electrons. The van der Waals surface area contributed by atoms with Crippen LogP contribution in [0.2, 0.25) is 0 Å². The van der Waals surface area contributed by atoms with Gasteiger partial charge in [0, 0.05) is 13.1 Å². The number of aliphatic hydroxyl groups is 1. The zero-order chi connectivity index (χ0) is 14.0. The average Bonchev–Trinajstić information content (AvgIpc) is 2.39. The summed E-state index contributed by atoms with van der Waals surface area (Å²) < 4.78 is 31.6. The summed E-state index contributed by atoms with van der Waals surface area (Å²) in [5.74, 6) is 0. The van der Waals surface area contributed by atoms with Crippen LogP contribution in [0.15, 0.2) is 29.2 Å². The Balaban J connectivity index is 2.23. The molecule has 5 nitrogen and oxygen atoms in total. The van der Waals surface area contributed by atoms with E-state index in [4.69, 9.17) is 4.74 Å². The van der Waals surface area contributed by atoms with E-state index in [0.29, 0.717) is 25.3 Å². The van der Waals surface area contributed by atoms with Gasteiger partial charge in [0.25, 0.3) is 0 Å². The molecule has 0 aliphatic carbocycles. The van der Waals surface area contributed by atoms with Crippen molar-refractivity contribution in [3.05, 3.63) is 29.8 Å². The van der Waals surface area contributed by atoms with Gasteiger partial charge in [-0.15, -0.1) is 0 Å². The van der Waals surface area contributed by atoms with Gasteiger partial charge in [0.05, 0.1) is 23.7 Å². The third kappa shape index (κ3) is 3.14. The first-order chi connectivity index (χ1) is 8.91. The lowest BCUT2D eigenvalue weighted by molar-refractivity contribution is 0.0102. The molecule has 1 N–H and O–H groups in total. The molecule has 1 fully saturated rings. The fourth-order valence-electron chi connectivity index (χ4n) is 2.07. The summed E-state index contributed by atoms with van der Waals surface area (Å²) >= 11 is 0. The molecule has 1 aliphatic heterocycles. The number of hydrogen-bond donors (Lipinski definition) is 1. The van der Waals surface area contributed by atoms with Crippen LogP contribution < -0.4 is 0 Å². The van der Waals surface area contributed by atoms with E-state index in [1.807, 2.05) is 6.92 Å². The van der Waals surface area contributed by atoms with Gasteiger partial charge in [-0.1, -0.05) is 12.1 Å². The highest BCUT2D eigenvalue weighted by Crippen LogP contribution is 2.21. The number of aliphatic hydroxyl groups excluding tert-OH is 1. The molecule has 0 spiro atoms. The second-order valence-electron chi connectivity index (χ2n) is 4.79. The Morgan fingerprint density at radius 2 is 2.00 bits per heavy atom. The predicted octanol–water partition coefficient (Wildman–Crippen LogP) is 1.15. The van der Waals surface area contributed by atoms with Crippen molar-refractivity contribution in [3.8, 4) is 0 Å². The van der Waals surface area contributed by atoms with Crippen LogP contribution in [0.3, 0.4) is 0 Å². The molecule has 1 saturated heterocycles. The molecule has 2 rings (SSSR count). The molecular formula is C13H19NO4S. The maximum Gasteiger partial charge on any atom is 0.243 e. The molecule has 0 bridgehead atoms. The number of sulfonamides is 1. The van der Waals surface area contributed by atoms with Crippen LogP contribution in [0.25, 0.3) is 0 Å². The van der Waals surface area contributed by atoms with Gasteiger partial charge in [0.1, 0.15) is 0 Å². The zero-order valence-corrected chi connectivity index (χ0v) is 11.9. The minimum Gasteiger partial charge on any atom is -0.389 e. The molecular weight excluding hydrogens is 266 g/mol. The molecule has 2 atom stereocenters. The van der Waals surface area contributed by atoms with Crippen LogP contribution in [-0.4, -0.2) is 43.6 Å². The third-order valence-electron chi connectivity index (χ3n) is 3.20. The topological polar surface area (TPSA) is 66.8 Å². The summed E-state index contributed by atoms with van der Waals surface area (Å²) in [6.45, 7) is 4.68. The summed E-state index contributed by atoms with van der Waals surface area (Å²) in [5.41, 5.74) is 0.703. The van der Waals surface area contributed by atoms with E-state index in [1.165, 1.54) is 16.4 Å². The van der Waals surface area contributed by atoms with Gasteiger partial charge in [0.2, 0.25) is 10.0 Å². The Morgan fingerprint density at radius 3 is 2.53 bits per heavy atom. The minimum absolute atomic E-state index is 0.0831. The summed E-state index contributed by atoms with van der Waals surface area (Å²) in [4.78, 5) is 0.256. The van der Waals surface area contributed by atoms with Gasteiger partial charge in [-0.2, -0.15) is 4.31 Å². The van der Waals surface area contributed by atoms with Crippen LogP contribution in [0.1, 0.15) is 25.5 Å². The maximum atomic E-state index is 12.4. The van der Waals surface area contributed by atoms with Crippen molar-refractivity contribution in [2.45, 2.75) is 31.0 Å². The summed E-state index contributed by atoms with van der Waals surface area (Å²) in [5, 5.41) is 9.42. The Hall–Kier alpha value is -0.950. The lowest BCUT2D eigenvalue weighted by Crippen LogP contribution is -2.44. The lowest BCUT2D eigenvalue weighted by atomic mass is 10.1. The quantitative estimate of drug-likeness (QED) is 0.904. The first-order valence-electron chi connectivity index (χ1n) is 6.31. The summed E-state index contributed by atoms with van der Waals surface area (Å²) in [6.07, 6.45) is -0.680. The first-order valence-corrected chi connectivity index (χ1v) is 7.75. The van der Waals surface area contributed by atoms with Crippen molar-refractivity contribution in [2.24, 2.45) is 0 Å². The van der Waals surface area contributed by atoms with Gasteiger partial charge in [-0.3, -0.25) is 0 Å². The molecule has 1 aromatic rings. The number of nitrogens with zero attached hydrogens (tertiary/aromatic N) is 1. The normalized spacial score (nSPS) is 23.2. The molecule has 106 valence electrons. The van der Waals surface area contributed by atoms with Crippen molar-refractivity contribution in [1.29, 1.82) is 0 Å². The van der Waals surface area contributed by atoms with Crippen LogP contribution in [0, 0.1) is 0 Å². The van der Waals surface area contributed by atoms with Gasteiger partial charge in [-0.05, 0) is 31.5 Å².